The molecule has 3 rings (SSSR count). The Labute approximate surface area is 157 Å². The molecule has 1 heterocycles. The van der Waals surface area contributed by atoms with Crippen LogP contribution in [0.25, 0.3) is 0 Å². The zero-order valence-electron chi connectivity index (χ0n) is 14.5. The first-order valence-electron chi connectivity index (χ1n) is 8.35. The SMILES string of the molecule is Cn1ncc(NCCc2cccc(OCc3ccccc3)c2)c(Cl)c1=O. The van der Waals surface area contributed by atoms with Gasteiger partial charge in [0.2, 0.25) is 0 Å². The molecule has 0 unspecified atom stereocenters. The van der Waals surface area contributed by atoms with Crippen molar-refractivity contribution in [2.45, 2.75) is 13.0 Å². The fourth-order valence-corrected chi connectivity index (χ4v) is 2.75. The van der Waals surface area contributed by atoms with Gasteiger partial charge in [0.15, 0.2) is 0 Å². The molecule has 0 aliphatic rings. The van der Waals surface area contributed by atoms with Gasteiger partial charge in [0.05, 0.1) is 11.9 Å². The minimum atomic E-state index is -0.312. The molecule has 0 fully saturated rings. The van der Waals surface area contributed by atoms with Crippen molar-refractivity contribution >= 4 is 17.3 Å². The van der Waals surface area contributed by atoms with Gasteiger partial charge in [-0.15, -0.1) is 0 Å². The van der Waals surface area contributed by atoms with Gasteiger partial charge < -0.3 is 10.1 Å². The molecule has 0 atom stereocenters. The fraction of sp³-hybridized carbons (Fsp3) is 0.200. The molecule has 0 spiro atoms. The lowest BCUT2D eigenvalue weighted by atomic mass is 10.1. The molecule has 0 aliphatic carbocycles. The van der Waals surface area contributed by atoms with E-state index >= 15 is 0 Å². The Hall–Kier alpha value is -2.79. The van der Waals surface area contributed by atoms with Crippen LogP contribution < -0.4 is 15.6 Å². The molecule has 0 bridgehead atoms. The van der Waals surface area contributed by atoms with Gasteiger partial charge in [0.1, 0.15) is 17.4 Å². The van der Waals surface area contributed by atoms with Crippen LogP contribution in [0, 0.1) is 0 Å². The highest BCUT2D eigenvalue weighted by Crippen LogP contribution is 2.17. The highest BCUT2D eigenvalue weighted by molar-refractivity contribution is 6.32. The van der Waals surface area contributed by atoms with E-state index in [0.29, 0.717) is 18.8 Å². The van der Waals surface area contributed by atoms with Gasteiger partial charge in [-0.3, -0.25) is 4.79 Å². The van der Waals surface area contributed by atoms with E-state index in [1.807, 2.05) is 54.6 Å². The summed E-state index contributed by atoms with van der Waals surface area (Å²) < 4.78 is 7.06. The smallest absolute Gasteiger partial charge is 0.287 e. The Morgan fingerprint density at radius 2 is 1.88 bits per heavy atom. The number of anilines is 1. The number of nitrogens with one attached hydrogen (secondary N) is 1. The summed E-state index contributed by atoms with van der Waals surface area (Å²) in [6, 6.07) is 18.0. The van der Waals surface area contributed by atoms with Gasteiger partial charge in [-0.2, -0.15) is 5.10 Å². The summed E-state index contributed by atoms with van der Waals surface area (Å²) in [7, 11) is 1.57. The van der Waals surface area contributed by atoms with Crippen LogP contribution >= 0.6 is 11.6 Å². The molecular weight excluding hydrogens is 350 g/mol. The van der Waals surface area contributed by atoms with Gasteiger partial charge in [-0.1, -0.05) is 54.1 Å². The zero-order chi connectivity index (χ0) is 18.4. The third kappa shape index (κ3) is 4.64. The minimum Gasteiger partial charge on any atom is -0.489 e. The summed E-state index contributed by atoms with van der Waals surface area (Å²) >= 11 is 6.05. The molecule has 2 aromatic carbocycles. The van der Waals surface area contributed by atoms with E-state index < -0.39 is 0 Å². The summed E-state index contributed by atoms with van der Waals surface area (Å²) in [4.78, 5) is 11.8. The Morgan fingerprint density at radius 1 is 1.12 bits per heavy atom. The number of nitrogens with zero attached hydrogens (tertiary/aromatic N) is 2. The highest BCUT2D eigenvalue weighted by Gasteiger charge is 2.06. The number of aromatic nitrogens is 2. The van der Waals surface area contributed by atoms with E-state index in [-0.39, 0.29) is 10.6 Å². The summed E-state index contributed by atoms with van der Waals surface area (Å²) in [5, 5.41) is 7.28. The van der Waals surface area contributed by atoms with Crippen molar-refractivity contribution < 1.29 is 4.74 Å². The third-order valence-corrected chi connectivity index (χ3v) is 4.32. The number of halogens is 1. The van der Waals surface area contributed by atoms with Crippen molar-refractivity contribution in [2.24, 2.45) is 7.05 Å². The lowest BCUT2D eigenvalue weighted by Crippen LogP contribution is -2.21. The van der Waals surface area contributed by atoms with E-state index in [0.717, 1.165) is 23.3 Å². The second-order valence-corrected chi connectivity index (χ2v) is 6.28. The van der Waals surface area contributed by atoms with Crippen molar-refractivity contribution in [1.29, 1.82) is 0 Å². The van der Waals surface area contributed by atoms with Gasteiger partial charge in [-0.25, -0.2) is 4.68 Å². The molecule has 26 heavy (non-hydrogen) atoms. The van der Waals surface area contributed by atoms with Crippen LogP contribution in [0.2, 0.25) is 5.02 Å². The Balaban J connectivity index is 1.56. The number of hydrogen-bond donors (Lipinski definition) is 1. The summed E-state index contributed by atoms with van der Waals surface area (Å²) in [6.07, 6.45) is 2.33. The first-order chi connectivity index (χ1) is 12.6. The van der Waals surface area contributed by atoms with Crippen LogP contribution in [0.4, 0.5) is 5.69 Å². The van der Waals surface area contributed by atoms with E-state index in [1.54, 1.807) is 13.2 Å². The van der Waals surface area contributed by atoms with E-state index in [1.165, 1.54) is 4.68 Å². The average molecular weight is 370 g/mol. The maximum Gasteiger partial charge on any atom is 0.287 e. The molecule has 5 nitrogen and oxygen atoms in total. The van der Waals surface area contributed by atoms with Crippen LogP contribution in [0.15, 0.2) is 65.6 Å². The molecule has 6 heteroatoms. The molecule has 0 radical (unpaired) electrons. The quantitative estimate of drug-likeness (QED) is 0.690. The predicted octanol–water partition coefficient (Wildman–Crippen LogP) is 3.67. The van der Waals surface area contributed by atoms with Gasteiger partial charge >= 0.3 is 0 Å². The van der Waals surface area contributed by atoms with Crippen molar-refractivity contribution in [3.63, 3.8) is 0 Å². The number of rotatable bonds is 7. The molecule has 0 amide bonds. The minimum absolute atomic E-state index is 0.155. The molecular formula is C20H20ClN3O2. The van der Waals surface area contributed by atoms with E-state index in [2.05, 4.69) is 10.4 Å². The van der Waals surface area contributed by atoms with Crippen LogP contribution in [0.5, 0.6) is 5.75 Å². The van der Waals surface area contributed by atoms with E-state index in [9.17, 15) is 4.79 Å². The lowest BCUT2D eigenvalue weighted by Gasteiger charge is -2.10. The first kappa shape index (κ1) is 18.0. The van der Waals surface area contributed by atoms with Crippen molar-refractivity contribution in [3.8, 4) is 5.75 Å². The van der Waals surface area contributed by atoms with Crippen LogP contribution in [0.3, 0.4) is 0 Å². The molecule has 0 aliphatic heterocycles. The average Bonchev–Trinajstić information content (AvgIpc) is 2.67. The van der Waals surface area contributed by atoms with Gasteiger partial charge in [0, 0.05) is 13.6 Å². The predicted molar refractivity (Wildman–Crippen MR) is 104 cm³/mol. The van der Waals surface area contributed by atoms with Crippen LogP contribution in [-0.4, -0.2) is 16.3 Å². The standard InChI is InChI=1S/C20H20ClN3O2/c1-24-20(25)19(21)18(13-23-24)22-11-10-15-8-5-9-17(12-15)26-14-16-6-3-2-4-7-16/h2-9,12-13,22H,10-11,14H2,1H3. The van der Waals surface area contributed by atoms with Gasteiger partial charge in [0.25, 0.3) is 5.56 Å². The normalized spacial score (nSPS) is 10.5. The molecule has 0 saturated heterocycles. The monoisotopic (exact) mass is 369 g/mol. The Morgan fingerprint density at radius 3 is 2.69 bits per heavy atom. The van der Waals surface area contributed by atoms with Crippen molar-refractivity contribution in [2.75, 3.05) is 11.9 Å². The van der Waals surface area contributed by atoms with Crippen LogP contribution in [0.1, 0.15) is 11.1 Å². The lowest BCUT2D eigenvalue weighted by molar-refractivity contribution is 0.306. The number of hydrogen-bond acceptors (Lipinski definition) is 4. The van der Waals surface area contributed by atoms with Crippen molar-refractivity contribution in [3.05, 3.63) is 87.3 Å². The second kappa shape index (κ2) is 8.54. The van der Waals surface area contributed by atoms with Crippen molar-refractivity contribution in [1.82, 2.24) is 9.78 Å². The molecule has 3 aromatic rings. The third-order valence-electron chi connectivity index (χ3n) is 3.95. The molecule has 0 saturated carbocycles. The number of aryl methyl sites for hydroxylation is 1. The van der Waals surface area contributed by atoms with E-state index in [4.69, 9.17) is 16.3 Å². The maximum atomic E-state index is 11.8. The molecule has 1 N–H and O–H groups in total. The number of ether oxygens (including phenoxy) is 1. The topological polar surface area (TPSA) is 56.1 Å². The Bertz CT molecular complexity index is 926. The Kier molecular flexibility index (Phi) is 5.92. The van der Waals surface area contributed by atoms with Crippen LogP contribution in [-0.2, 0) is 20.1 Å². The summed E-state index contributed by atoms with van der Waals surface area (Å²) in [5.41, 5.74) is 2.50. The summed E-state index contributed by atoms with van der Waals surface area (Å²) in [6.45, 7) is 1.17. The largest absolute Gasteiger partial charge is 0.489 e. The highest BCUT2D eigenvalue weighted by atomic mass is 35.5. The molecule has 134 valence electrons. The zero-order valence-corrected chi connectivity index (χ0v) is 15.2. The number of benzene rings is 2. The fourth-order valence-electron chi connectivity index (χ4n) is 2.51. The summed E-state index contributed by atoms with van der Waals surface area (Å²) in [5.74, 6) is 0.833. The first-order valence-corrected chi connectivity index (χ1v) is 8.72. The van der Waals surface area contributed by atoms with Gasteiger partial charge in [-0.05, 0) is 29.7 Å². The second-order valence-electron chi connectivity index (χ2n) is 5.90. The maximum absolute atomic E-state index is 11.8. The molecule has 1 aromatic heterocycles.